The van der Waals surface area contributed by atoms with Crippen LogP contribution >= 0.6 is 0 Å². The molecule has 3 heteroatoms. The Bertz CT molecular complexity index is 151. The van der Waals surface area contributed by atoms with Crippen molar-refractivity contribution in [3.63, 3.8) is 0 Å². The highest BCUT2D eigenvalue weighted by atomic mass is 16.5. The van der Waals surface area contributed by atoms with Gasteiger partial charge in [-0.1, -0.05) is 0 Å². The molecule has 70 valence electrons. The molecule has 2 heterocycles. The molecule has 0 amide bonds. The molecule has 0 N–H and O–H groups in total. The van der Waals surface area contributed by atoms with Crippen molar-refractivity contribution in [3.05, 3.63) is 0 Å². The largest absolute Gasteiger partial charge is 0.381 e. The van der Waals surface area contributed by atoms with Crippen LogP contribution in [0.4, 0.5) is 0 Å². The third-order valence-corrected chi connectivity index (χ3v) is 2.84. The smallest absolute Gasteiger partial charge is 0.113 e. The van der Waals surface area contributed by atoms with E-state index >= 15 is 0 Å². The van der Waals surface area contributed by atoms with Crippen molar-refractivity contribution in [3.8, 4) is 0 Å². The van der Waals surface area contributed by atoms with Gasteiger partial charge in [0.05, 0.1) is 6.10 Å². The van der Waals surface area contributed by atoms with Gasteiger partial charge in [-0.05, 0) is 12.8 Å². The number of hydrogen-bond donors (Lipinski definition) is 0. The van der Waals surface area contributed by atoms with Gasteiger partial charge in [0.1, 0.15) is 6.23 Å². The number of methoxy groups -OCH3 is 1. The minimum atomic E-state index is 0.345. The Labute approximate surface area is 73.6 Å². The van der Waals surface area contributed by atoms with Gasteiger partial charge in [0.15, 0.2) is 0 Å². The molecule has 2 aliphatic heterocycles. The fourth-order valence-electron chi connectivity index (χ4n) is 2.08. The minimum Gasteiger partial charge on any atom is -0.381 e. The van der Waals surface area contributed by atoms with Crippen molar-refractivity contribution in [1.29, 1.82) is 0 Å². The van der Waals surface area contributed by atoms with E-state index < -0.39 is 0 Å². The minimum absolute atomic E-state index is 0.345. The van der Waals surface area contributed by atoms with Gasteiger partial charge in [-0.3, -0.25) is 4.90 Å². The van der Waals surface area contributed by atoms with Gasteiger partial charge in [0.25, 0.3) is 0 Å². The Morgan fingerprint density at radius 1 is 1.42 bits per heavy atom. The molecule has 2 saturated heterocycles. The lowest BCUT2D eigenvalue weighted by molar-refractivity contribution is -0.141. The van der Waals surface area contributed by atoms with Crippen LogP contribution in [0.5, 0.6) is 0 Å². The van der Waals surface area contributed by atoms with E-state index in [0.29, 0.717) is 12.3 Å². The lowest BCUT2D eigenvalue weighted by atomic mass is 10.0. The zero-order chi connectivity index (χ0) is 8.39. The van der Waals surface area contributed by atoms with E-state index in [-0.39, 0.29) is 0 Å². The maximum atomic E-state index is 5.66. The zero-order valence-corrected chi connectivity index (χ0v) is 7.66. The molecule has 0 radical (unpaired) electrons. The van der Waals surface area contributed by atoms with Crippen LogP contribution in [0.25, 0.3) is 0 Å². The van der Waals surface area contributed by atoms with Crippen LogP contribution < -0.4 is 0 Å². The van der Waals surface area contributed by atoms with Crippen molar-refractivity contribution in [2.75, 3.05) is 26.8 Å². The lowest BCUT2D eigenvalue weighted by Gasteiger charge is -2.41. The highest BCUT2D eigenvalue weighted by Crippen LogP contribution is 2.23. The predicted octanol–water partition coefficient (Wildman–Crippen LogP) is 0.844. The summed E-state index contributed by atoms with van der Waals surface area (Å²) in [6, 6.07) is 0. The quantitative estimate of drug-likeness (QED) is 0.583. The Morgan fingerprint density at radius 2 is 2.33 bits per heavy atom. The molecule has 0 spiro atoms. The second-order valence-corrected chi connectivity index (χ2v) is 3.60. The number of hydrogen-bond acceptors (Lipinski definition) is 3. The molecule has 2 rings (SSSR count). The summed E-state index contributed by atoms with van der Waals surface area (Å²) in [6.45, 7) is 3.28. The molecule has 0 bridgehead atoms. The van der Waals surface area contributed by atoms with Crippen LogP contribution in [0.15, 0.2) is 0 Å². The maximum Gasteiger partial charge on any atom is 0.113 e. The van der Waals surface area contributed by atoms with E-state index in [2.05, 4.69) is 4.90 Å². The molecule has 2 atom stereocenters. The van der Waals surface area contributed by atoms with Crippen LogP contribution in [-0.2, 0) is 9.47 Å². The molecular formula is C9H17NO2. The maximum absolute atomic E-state index is 5.66. The van der Waals surface area contributed by atoms with Crippen LogP contribution in [0.2, 0.25) is 0 Å². The van der Waals surface area contributed by atoms with E-state index in [1.165, 1.54) is 13.0 Å². The number of piperidine rings is 1. The summed E-state index contributed by atoms with van der Waals surface area (Å²) in [5.74, 6) is 0. The second kappa shape index (κ2) is 3.73. The van der Waals surface area contributed by atoms with Gasteiger partial charge in [-0.2, -0.15) is 0 Å². The number of rotatable bonds is 1. The molecular weight excluding hydrogens is 154 g/mol. The third kappa shape index (κ3) is 1.63. The first kappa shape index (κ1) is 8.48. The molecule has 0 aromatic carbocycles. The molecule has 12 heavy (non-hydrogen) atoms. The molecule has 0 aromatic rings. The van der Waals surface area contributed by atoms with E-state index in [0.717, 1.165) is 26.0 Å². The lowest BCUT2D eigenvalue weighted by Crippen LogP contribution is -2.49. The fourth-order valence-corrected chi connectivity index (χ4v) is 2.08. The zero-order valence-electron chi connectivity index (χ0n) is 7.66. The number of ether oxygens (including phenoxy) is 2. The Kier molecular flexibility index (Phi) is 2.63. The predicted molar refractivity (Wildman–Crippen MR) is 46.0 cm³/mol. The molecule has 2 fully saturated rings. The van der Waals surface area contributed by atoms with E-state index in [4.69, 9.17) is 9.47 Å². The number of fused-ring (bicyclic) bond motifs is 1. The summed E-state index contributed by atoms with van der Waals surface area (Å²) in [7, 11) is 1.79. The molecule has 3 nitrogen and oxygen atoms in total. The van der Waals surface area contributed by atoms with Gasteiger partial charge in [-0.15, -0.1) is 0 Å². The van der Waals surface area contributed by atoms with Crippen LogP contribution in [0.1, 0.15) is 19.3 Å². The highest BCUT2D eigenvalue weighted by Gasteiger charge is 2.30. The number of nitrogens with zero attached hydrogens (tertiary/aromatic N) is 1. The highest BCUT2D eigenvalue weighted by molar-refractivity contribution is 4.78. The average Bonchev–Trinajstić information content (AvgIpc) is 2.17. The van der Waals surface area contributed by atoms with Crippen molar-refractivity contribution >= 4 is 0 Å². The Hall–Kier alpha value is -0.120. The summed E-state index contributed by atoms with van der Waals surface area (Å²) in [6.07, 6.45) is 4.17. The summed E-state index contributed by atoms with van der Waals surface area (Å²) in [5, 5.41) is 0. The molecule has 2 unspecified atom stereocenters. The van der Waals surface area contributed by atoms with Crippen LogP contribution in [0.3, 0.4) is 0 Å². The summed E-state index contributed by atoms with van der Waals surface area (Å²) in [4.78, 5) is 2.43. The van der Waals surface area contributed by atoms with Crippen molar-refractivity contribution < 1.29 is 9.47 Å². The van der Waals surface area contributed by atoms with E-state index in [1.54, 1.807) is 7.11 Å². The molecule has 0 aliphatic carbocycles. The van der Waals surface area contributed by atoms with Crippen molar-refractivity contribution in [2.45, 2.75) is 31.6 Å². The standard InChI is InChI=1S/C9H17NO2/c1-11-8-3-5-10-4-2-6-12-9(10)7-8/h8-9H,2-7H2,1H3. The molecule has 0 aromatic heterocycles. The van der Waals surface area contributed by atoms with Crippen molar-refractivity contribution in [2.24, 2.45) is 0 Å². The van der Waals surface area contributed by atoms with Gasteiger partial charge in [0, 0.05) is 33.2 Å². The average molecular weight is 171 g/mol. The third-order valence-electron chi connectivity index (χ3n) is 2.84. The first-order valence-electron chi connectivity index (χ1n) is 4.78. The van der Waals surface area contributed by atoms with Crippen LogP contribution in [0, 0.1) is 0 Å². The monoisotopic (exact) mass is 171 g/mol. The molecule has 0 saturated carbocycles. The van der Waals surface area contributed by atoms with Crippen molar-refractivity contribution in [1.82, 2.24) is 4.90 Å². The van der Waals surface area contributed by atoms with Crippen LogP contribution in [-0.4, -0.2) is 44.0 Å². The first-order chi connectivity index (χ1) is 5.90. The summed E-state index contributed by atoms with van der Waals surface area (Å²) >= 11 is 0. The second-order valence-electron chi connectivity index (χ2n) is 3.60. The van der Waals surface area contributed by atoms with Gasteiger partial charge < -0.3 is 9.47 Å². The topological polar surface area (TPSA) is 21.7 Å². The Morgan fingerprint density at radius 3 is 3.17 bits per heavy atom. The SMILES string of the molecule is COC1CCN2CCCOC2C1. The first-order valence-corrected chi connectivity index (χ1v) is 4.78. The van der Waals surface area contributed by atoms with Gasteiger partial charge >= 0.3 is 0 Å². The van der Waals surface area contributed by atoms with E-state index in [1.807, 2.05) is 0 Å². The summed E-state index contributed by atoms with van der Waals surface area (Å²) in [5.41, 5.74) is 0. The van der Waals surface area contributed by atoms with Gasteiger partial charge in [-0.25, -0.2) is 0 Å². The fraction of sp³-hybridized carbons (Fsp3) is 1.00. The normalized spacial score (nSPS) is 37.8. The van der Waals surface area contributed by atoms with E-state index in [9.17, 15) is 0 Å². The molecule has 2 aliphatic rings. The Balaban J connectivity index is 1.90. The summed E-state index contributed by atoms with van der Waals surface area (Å²) < 4.78 is 11.0. The van der Waals surface area contributed by atoms with Gasteiger partial charge in [0.2, 0.25) is 0 Å².